The Morgan fingerprint density at radius 2 is 2.15 bits per heavy atom. The maximum atomic E-state index is 12.6. The number of halogens is 1. The smallest absolute Gasteiger partial charge is 0.253 e. The summed E-state index contributed by atoms with van der Waals surface area (Å²) in [5, 5.41) is 3.40. The Morgan fingerprint density at radius 3 is 2.93 bits per heavy atom. The number of amides is 1. The highest BCUT2D eigenvalue weighted by Crippen LogP contribution is 2.21. The van der Waals surface area contributed by atoms with Gasteiger partial charge in [0, 0.05) is 18.9 Å². The molecule has 0 aliphatic rings. The Labute approximate surface area is 159 Å². The largest absolute Gasteiger partial charge is 0.461 e. The summed E-state index contributed by atoms with van der Waals surface area (Å²) in [4.78, 5) is 28.4. The number of nitrogens with one attached hydrogen (secondary N) is 2. The van der Waals surface area contributed by atoms with Crippen LogP contribution < -0.4 is 5.32 Å². The van der Waals surface area contributed by atoms with Gasteiger partial charge in [-0.25, -0.2) is 15.0 Å². The molecule has 0 saturated heterocycles. The topological polar surface area (TPSA) is 96.7 Å². The molecule has 0 bridgehead atoms. The Balaban J connectivity index is 1.42. The van der Waals surface area contributed by atoms with Gasteiger partial charge in [-0.15, -0.1) is 0 Å². The molecule has 0 aromatic carbocycles. The standard InChI is InChI=1S/C19H16ClN5O2/c20-15-6-5-12(11-23-15)3-1-8-22-19(26)13-7-9-21-18-16(13)24-17(25-18)14-4-2-10-27-14/h2,4-7,9-11H,1,3,8H2,(H,22,26)(H,21,24,25). The van der Waals surface area contributed by atoms with Crippen molar-refractivity contribution in [3.8, 4) is 11.6 Å². The number of carbonyl (C=O) groups is 1. The minimum atomic E-state index is -0.186. The number of aromatic amines is 1. The fraction of sp³-hybridized carbons (Fsp3) is 0.158. The van der Waals surface area contributed by atoms with Crippen LogP contribution in [-0.4, -0.2) is 32.4 Å². The van der Waals surface area contributed by atoms with E-state index in [2.05, 4.69) is 25.3 Å². The number of nitrogens with zero attached hydrogens (tertiary/aromatic N) is 3. The molecule has 0 radical (unpaired) electrons. The van der Waals surface area contributed by atoms with Crippen molar-refractivity contribution in [2.75, 3.05) is 6.54 Å². The van der Waals surface area contributed by atoms with Crippen LogP contribution in [0.1, 0.15) is 22.3 Å². The summed E-state index contributed by atoms with van der Waals surface area (Å²) in [5.74, 6) is 0.947. The molecule has 4 heterocycles. The number of H-pyrrole nitrogens is 1. The minimum Gasteiger partial charge on any atom is -0.461 e. The third kappa shape index (κ3) is 3.83. The van der Waals surface area contributed by atoms with Crippen LogP contribution in [0.4, 0.5) is 0 Å². The average molecular weight is 382 g/mol. The van der Waals surface area contributed by atoms with Gasteiger partial charge in [0.25, 0.3) is 5.91 Å². The van der Waals surface area contributed by atoms with E-state index in [0.717, 1.165) is 18.4 Å². The van der Waals surface area contributed by atoms with Gasteiger partial charge >= 0.3 is 0 Å². The second-order valence-corrected chi connectivity index (χ2v) is 6.35. The maximum absolute atomic E-state index is 12.6. The normalized spacial score (nSPS) is 11.0. The number of hydrogen-bond donors (Lipinski definition) is 2. The van der Waals surface area contributed by atoms with Crippen molar-refractivity contribution in [1.82, 2.24) is 25.3 Å². The first-order chi connectivity index (χ1) is 13.2. The van der Waals surface area contributed by atoms with Gasteiger partial charge in [0.1, 0.15) is 10.7 Å². The lowest BCUT2D eigenvalue weighted by Crippen LogP contribution is -2.25. The Bertz CT molecular complexity index is 1060. The van der Waals surface area contributed by atoms with Crippen molar-refractivity contribution in [3.05, 3.63) is 65.3 Å². The van der Waals surface area contributed by atoms with Crippen LogP contribution in [-0.2, 0) is 6.42 Å². The molecule has 0 saturated carbocycles. The zero-order chi connectivity index (χ0) is 18.6. The molecule has 4 rings (SSSR count). The lowest BCUT2D eigenvalue weighted by atomic mass is 10.1. The van der Waals surface area contributed by atoms with Gasteiger partial charge in [-0.05, 0) is 42.7 Å². The van der Waals surface area contributed by atoms with Crippen LogP contribution >= 0.6 is 11.6 Å². The molecule has 0 unspecified atom stereocenters. The third-order valence-corrected chi connectivity index (χ3v) is 4.32. The van der Waals surface area contributed by atoms with Crippen molar-refractivity contribution < 1.29 is 9.21 Å². The molecule has 0 aliphatic heterocycles. The first-order valence-corrected chi connectivity index (χ1v) is 8.86. The molecule has 136 valence electrons. The third-order valence-electron chi connectivity index (χ3n) is 4.10. The summed E-state index contributed by atoms with van der Waals surface area (Å²) in [6, 6.07) is 8.93. The summed E-state index contributed by atoms with van der Waals surface area (Å²) in [6.07, 6.45) is 6.50. The van der Waals surface area contributed by atoms with E-state index < -0.39 is 0 Å². The molecule has 2 N–H and O–H groups in total. The van der Waals surface area contributed by atoms with Crippen LogP contribution in [0.2, 0.25) is 5.15 Å². The molecular formula is C19H16ClN5O2. The first-order valence-electron chi connectivity index (χ1n) is 8.48. The van der Waals surface area contributed by atoms with E-state index in [9.17, 15) is 4.79 Å². The number of furan rings is 1. The molecule has 0 atom stereocenters. The van der Waals surface area contributed by atoms with Crippen LogP contribution in [0, 0.1) is 0 Å². The van der Waals surface area contributed by atoms with E-state index in [1.807, 2.05) is 6.07 Å². The summed E-state index contributed by atoms with van der Waals surface area (Å²) >= 11 is 5.78. The molecule has 0 aliphatic carbocycles. The van der Waals surface area contributed by atoms with Crippen molar-refractivity contribution >= 4 is 28.7 Å². The molecule has 0 spiro atoms. The quantitative estimate of drug-likeness (QED) is 0.392. The highest BCUT2D eigenvalue weighted by Gasteiger charge is 2.16. The summed E-state index contributed by atoms with van der Waals surface area (Å²) in [5.41, 5.74) is 2.61. The number of hydrogen-bond acceptors (Lipinski definition) is 5. The molecule has 0 fully saturated rings. The van der Waals surface area contributed by atoms with E-state index in [4.69, 9.17) is 16.0 Å². The van der Waals surface area contributed by atoms with E-state index in [-0.39, 0.29) is 5.91 Å². The van der Waals surface area contributed by atoms with Gasteiger partial charge in [0.15, 0.2) is 17.2 Å². The van der Waals surface area contributed by atoms with Crippen LogP contribution in [0.15, 0.2) is 53.4 Å². The molecule has 7 nitrogen and oxygen atoms in total. The number of fused-ring (bicyclic) bond motifs is 1. The lowest BCUT2D eigenvalue weighted by Gasteiger charge is -2.05. The van der Waals surface area contributed by atoms with Gasteiger partial charge in [0.2, 0.25) is 0 Å². The Kier molecular flexibility index (Phi) is 4.84. The second kappa shape index (κ2) is 7.59. The van der Waals surface area contributed by atoms with Crippen molar-refractivity contribution in [2.45, 2.75) is 12.8 Å². The number of pyridine rings is 2. The van der Waals surface area contributed by atoms with Crippen LogP contribution in [0.3, 0.4) is 0 Å². The van der Waals surface area contributed by atoms with Gasteiger partial charge in [-0.1, -0.05) is 17.7 Å². The number of rotatable bonds is 6. The van der Waals surface area contributed by atoms with Crippen LogP contribution in [0.25, 0.3) is 22.7 Å². The monoisotopic (exact) mass is 381 g/mol. The van der Waals surface area contributed by atoms with E-state index in [0.29, 0.717) is 40.0 Å². The average Bonchev–Trinajstić information content (AvgIpc) is 3.35. The fourth-order valence-electron chi connectivity index (χ4n) is 2.77. The molecule has 4 aromatic rings. The second-order valence-electron chi connectivity index (χ2n) is 5.97. The number of aryl methyl sites for hydroxylation is 1. The fourth-order valence-corrected chi connectivity index (χ4v) is 2.88. The van der Waals surface area contributed by atoms with Gasteiger partial charge in [0.05, 0.1) is 11.8 Å². The zero-order valence-corrected chi connectivity index (χ0v) is 15.0. The van der Waals surface area contributed by atoms with E-state index in [1.165, 1.54) is 0 Å². The number of imidazole rings is 1. The minimum absolute atomic E-state index is 0.186. The van der Waals surface area contributed by atoms with Gasteiger partial charge in [-0.3, -0.25) is 4.79 Å². The Morgan fingerprint density at radius 1 is 1.22 bits per heavy atom. The van der Waals surface area contributed by atoms with Gasteiger partial charge < -0.3 is 14.7 Å². The molecule has 27 heavy (non-hydrogen) atoms. The maximum Gasteiger partial charge on any atom is 0.253 e. The van der Waals surface area contributed by atoms with Crippen molar-refractivity contribution in [1.29, 1.82) is 0 Å². The summed E-state index contributed by atoms with van der Waals surface area (Å²) < 4.78 is 5.34. The Hall–Kier alpha value is -3.19. The number of carbonyl (C=O) groups excluding carboxylic acids is 1. The van der Waals surface area contributed by atoms with Crippen molar-refractivity contribution in [3.63, 3.8) is 0 Å². The van der Waals surface area contributed by atoms with Crippen LogP contribution in [0.5, 0.6) is 0 Å². The highest BCUT2D eigenvalue weighted by molar-refractivity contribution is 6.29. The molecule has 4 aromatic heterocycles. The van der Waals surface area contributed by atoms with Crippen molar-refractivity contribution in [2.24, 2.45) is 0 Å². The SMILES string of the molecule is O=C(NCCCc1ccc(Cl)nc1)c1ccnc2[nH]c(-c3ccco3)nc12. The lowest BCUT2D eigenvalue weighted by molar-refractivity contribution is 0.0954. The van der Waals surface area contributed by atoms with E-state index >= 15 is 0 Å². The highest BCUT2D eigenvalue weighted by atomic mass is 35.5. The molecule has 8 heteroatoms. The molecular weight excluding hydrogens is 366 g/mol. The summed E-state index contributed by atoms with van der Waals surface area (Å²) in [6.45, 7) is 0.542. The zero-order valence-electron chi connectivity index (χ0n) is 14.3. The van der Waals surface area contributed by atoms with E-state index in [1.54, 1.807) is 42.9 Å². The van der Waals surface area contributed by atoms with Gasteiger partial charge in [-0.2, -0.15) is 0 Å². The predicted octanol–water partition coefficient (Wildman–Crippen LogP) is 3.63. The molecule has 1 amide bonds. The predicted molar refractivity (Wildman–Crippen MR) is 101 cm³/mol. The summed E-state index contributed by atoms with van der Waals surface area (Å²) in [7, 11) is 0. The number of aromatic nitrogens is 4. The first kappa shape index (κ1) is 17.2.